The Morgan fingerprint density at radius 1 is 1.12 bits per heavy atom. The molecule has 0 aliphatic heterocycles. The molecule has 0 radical (unpaired) electrons. The van der Waals surface area contributed by atoms with Crippen LogP contribution in [0, 0.1) is 6.92 Å². The van der Waals surface area contributed by atoms with Crippen molar-refractivity contribution in [2.45, 2.75) is 20.3 Å². The van der Waals surface area contributed by atoms with E-state index >= 15 is 0 Å². The molecule has 0 saturated carbocycles. The third-order valence-electron chi connectivity index (χ3n) is 4.11. The minimum Gasteiger partial charge on any atom is -0.494 e. The molecule has 0 spiro atoms. The molecule has 25 heavy (non-hydrogen) atoms. The number of carbonyl (C=O) groups is 2. The van der Waals surface area contributed by atoms with Crippen LogP contribution >= 0.6 is 0 Å². The van der Waals surface area contributed by atoms with Gasteiger partial charge in [-0.25, -0.2) is 0 Å². The number of aromatic nitrogens is 1. The van der Waals surface area contributed by atoms with Crippen LogP contribution in [0.2, 0.25) is 0 Å². The lowest BCUT2D eigenvalue weighted by Gasteiger charge is -2.09. The third-order valence-corrected chi connectivity index (χ3v) is 4.11. The Balaban J connectivity index is 2.12. The quantitative estimate of drug-likeness (QED) is 0.774. The van der Waals surface area contributed by atoms with Crippen LogP contribution in [0.15, 0.2) is 48.5 Å². The standard InChI is InChI=1S/C20H20N2O3/c1-3-11-25-15-8-6-7-14(12-15)20(24)22-13(2)18(19(21)23)16-9-4-5-10-17(16)22/h4-10,12H,3,11H2,1-2H3,(H2,21,23). The van der Waals surface area contributed by atoms with Gasteiger partial charge in [-0.2, -0.15) is 0 Å². The van der Waals surface area contributed by atoms with Gasteiger partial charge in [0, 0.05) is 16.6 Å². The molecule has 3 rings (SSSR count). The fourth-order valence-corrected chi connectivity index (χ4v) is 3.01. The van der Waals surface area contributed by atoms with Gasteiger partial charge in [0.25, 0.3) is 11.8 Å². The molecule has 0 bridgehead atoms. The summed E-state index contributed by atoms with van der Waals surface area (Å²) >= 11 is 0. The highest BCUT2D eigenvalue weighted by Gasteiger charge is 2.22. The molecule has 0 saturated heterocycles. The highest BCUT2D eigenvalue weighted by molar-refractivity contribution is 6.12. The van der Waals surface area contributed by atoms with Crippen LogP contribution in [0.5, 0.6) is 5.75 Å². The van der Waals surface area contributed by atoms with Crippen molar-refractivity contribution in [2.75, 3.05) is 6.61 Å². The van der Waals surface area contributed by atoms with E-state index in [2.05, 4.69) is 0 Å². The molecule has 128 valence electrons. The summed E-state index contributed by atoms with van der Waals surface area (Å²) in [5, 5.41) is 0.680. The zero-order valence-electron chi connectivity index (χ0n) is 14.3. The maximum atomic E-state index is 13.1. The number of benzene rings is 2. The molecule has 0 unspecified atom stereocenters. The topological polar surface area (TPSA) is 74.3 Å². The summed E-state index contributed by atoms with van der Waals surface area (Å²) in [4.78, 5) is 25.0. The molecule has 2 aromatic carbocycles. The summed E-state index contributed by atoms with van der Waals surface area (Å²) < 4.78 is 7.14. The highest BCUT2D eigenvalue weighted by atomic mass is 16.5. The zero-order valence-corrected chi connectivity index (χ0v) is 14.3. The summed E-state index contributed by atoms with van der Waals surface area (Å²) in [6, 6.07) is 14.3. The molecule has 0 fully saturated rings. The van der Waals surface area contributed by atoms with Crippen LogP contribution in [0.25, 0.3) is 10.9 Å². The molecule has 0 atom stereocenters. The Bertz CT molecular complexity index is 957. The van der Waals surface area contributed by atoms with E-state index in [9.17, 15) is 9.59 Å². The lowest BCUT2D eigenvalue weighted by atomic mass is 10.1. The second kappa shape index (κ2) is 6.81. The Kier molecular flexibility index (Phi) is 4.57. The molecule has 1 heterocycles. The average Bonchev–Trinajstić information content (AvgIpc) is 2.91. The average molecular weight is 336 g/mol. The Labute approximate surface area is 146 Å². The molecule has 5 heteroatoms. The van der Waals surface area contributed by atoms with Crippen LogP contribution < -0.4 is 10.5 Å². The van der Waals surface area contributed by atoms with E-state index in [-0.39, 0.29) is 5.91 Å². The van der Waals surface area contributed by atoms with E-state index in [0.29, 0.717) is 40.1 Å². The predicted octanol–water partition coefficient (Wildman–Crippen LogP) is 3.53. The van der Waals surface area contributed by atoms with Gasteiger partial charge in [0.2, 0.25) is 0 Å². The Morgan fingerprint density at radius 3 is 2.60 bits per heavy atom. The summed E-state index contributed by atoms with van der Waals surface area (Å²) in [6.45, 7) is 4.35. The van der Waals surface area contributed by atoms with Crippen molar-refractivity contribution in [2.24, 2.45) is 5.73 Å². The van der Waals surface area contributed by atoms with Crippen LogP contribution in [-0.4, -0.2) is 23.0 Å². The molecule has 3 aromatic rings. The van der Waals surface area contributed by atoms with Crippen molar-refractivity contribution in [3.8, 4) is 5.75 Å². The van der Waals surface area contributed by atoms with Gasteiger partial charge in [-0.05, 0) is 37.6 Å². The minimum absolute atomic E-state index is 0.219. The molecule has 1 aromatic heterocycles. The van der Waals surface area contributed by atoms with Gasteiger partial charge >= 0.3 is 0 Å². The molecule has 0 aliphatic rings. The van der Waals surface area contributed by atoms with Crippen molar-refractivity contribution >= 4 is 22.7 Å². The van der Waals surface area contributed by atoms with Crippen molar-refractivity contribution in [3.63, 3.8) is 0 Å². The Hall–Kier alpha value is -3.08. The summed E-state index contributed by atoms with van der Waals surface area (Å²) in [5.74, 6) is -0.111. The molecule has 0 aliphatic carbocycles. The monoisotopic (exact) mass is 336 g/mol. The normalized spacial score (nSPS) is 10.8. The third kappa shape index (κ3) is 3.01. The maximum absolute atomic E-state index is 13.1. The van der Waals surface area contributed by atoms with Gasteiger partial charge in [-0.1, -0.05) is 31.2 Å². The predicted molar refractivity (Wildman–Crippen MR) is 97.1 cm³/mol. The maximum Gasteiger partial charge on any atom is 0.262 e. The first kappa shape index (κ1) is 16.8. The number of para-hydroxylation sites is 1. The first-order chi connectivity index (χ1) is 12.0. The van der Waals surface area contributed by atoms with Crippen molar-refractivity contribution < 1.29 is 14.3 Å². The van der Waals surface area contributed by atoms with Crippen LogP contribution in [-0.2, 0) is 0 Å². The van der Waals surface area contributed by atoms with Crippen molar-refractivity contribution in [1.29, 1.82) is 0 Å². The largest absolute Gasteiger partial charge is 0.494 e. The summed E-state index contributed by atoms with van der Waals surface area (Å²) in [5.41, 5.74) is 7.61. The molecule has 1 amide bonds. The van der Waals surface area contributed by atoms with Crippen molar-refractivity contribution in [1.82, 2.24) is 4.57 Å². The number of ether oxygens (including phenoxy) is 1. The van der Waals surface area contributed by atoms with Gasteiger partial charge in [0.1, 0.15) is 5.75 Å². The molecule has 2 N–H and O–H groups in total. The van der Waals surface area contributed by atoms with E-state index in [1.165, 1.54) is 4.57 Å². The summed E-state index contributed by atoms with van der Waals surface area (Å²) in [6.07, 6.45) is 0.890. The fraction of sp³-hybridized carbons (Fsp3) is 0.200. The lowest BCUT2D eigenvalue weighted by Crippen LogP contribution is -2.16. The SMILES string of the molecule is CCCOc1cccc(C(=O)n2c(C)c(C(N)=O)c3ccccc32)c1. The summed E-state index contributed by atoms with van der Waals surface area (Å²) in [7, 11) is 0. The number of primary amides is 1. The van der Waals surface area contributed by atoms with Gasteiger partial charge in [0.05, 0.1) is 17.7 Å². The Morgan fingerprint density at radius 2 is 1.88 bits per heavy atom. The molecular weight excluding hydrogens is 316 g/mol. The highest BCUT2D eigenvalue weighted by Crippen LogP contribution is 2.27. The smallest absolute Gasteiger partial charge is 0.262 e. The first-order valence-electron chi connectivity index (χ1n) is 8.22. The lowest BCUT2D eigenvalue weighted by molar-refractivity contribution is 0.0962. The number of amides is 1. The number of rotatable bonds is 5. The van der Waals surface area contributed by atoms with Crippen LogP contribution in [0.4, 0.5) is 0 Å². The van der Waals surface area contributed by atoms with Crippen molar-refractivity contribution in [3.05, 3.63) is 65.4 Å². The van der Waals surface area contributed by atoms with Gasteiger partial charge < -0.3 is 10.5 Å². The molecular formula is C20H20N2O3. The van der Waals surface area contributed by atoms with E-state index < -0.39 is 5.91 Å². The molecule has 5 nitrogen and oxygen atoms in total. The van der Waals surface area contributed by atoms with Gasteiger partial charge in [-0.3, -0.25) is 14.2 Å². The van der Waals surface area contributed by atoms with E-state index in [1.54, 1.807) is 31.2 Å². The second-order valence-electron chi connectivity index (χ2n) is 5.86. The number of nitrogens with zero attached hydrogens (tertiary/aromatic N) is 1. The second-order valence-corrected chi connectivity index (χ2v) is 5.86. The van der Waals surface area contributed by atoms with Gasteiger partial charge in [-0.15, -0.1) is 0 Å². The number of hydrogen-bond acceptors (Lipinski definition) is 3. The van der Waals surface area contributed by atoms with Crippen LogP contribution in [0.3, 0.4) is 0 Å². The van der Waals surface area contributed by atoms with E-state index in [4.69, 9.17) is 10.5 Å². The van der Waals surface area contributed by atoms with Gasteiger partial charge in [0.15, 0.2) is 0 Å². The fourth-order valence-electron chi connectivity index (χ4n) is 3.01. The van der Waals surface area contributed by atoms with E-state index in [0.717, 1.165) is 6.42 Å². The van der Waals surface area contributed by atoms with Crippen LogP contribution in [0.1, 0.15) is 39.8 Å². The first-order valence-corrected chi connectivity index (χ1v) is 8.22. The number of fused-ring (bicyclic) bond motifs is 1. The minimum atomic E-state index is -0.541. The number of nitrogens with two attached hydrogens (primary N) is 1. The van der Waals surface area contributed by atoms with E-state index in [1.807, 2.05) is 31.2 Å². The number of hydrogen-bond donors (Lipinski definition) is 1. The number of carbonyl (C=O) groups excluding carboxylic acids is 2. The zero-order chi connectivity index (χ0) is 18.0.